The highest BCUT2D eigenvalue weighted by molar-refractivity contribution is 6.23. The lowest BCUT2D eigenvalue weighted by atomic mass is 10.0. The summed E-state index contributed by atoms with van der Waals surface area (Å²) in [6.45, 7) is 7.72. The van der Waals surface area contributed by atoms with Crippen LogP contribution in [0.4, 0.5) is 10.1 Å². The molecule has 0 bridgehead atoms. The number of aryl methyl sites for hydroxylation is 2. The SMILES string of the molecule is COC(=O)C1=C(C)N(c2ccc(F)cc2)C(=O)/C1=C\c1cc(C)n(-c2ccccc2C)c1C. The first-order valence-corrected chi connectivity index (χ1v) is 10.6. The van der Waals surface area contributed by atoms with Crippen LogP contribution in [0.5, 0.6) is 0 Å². The average molecular weight is 445 g/mol. The Kier molecular flexibility index (Phi) is 5.77. The van der Waals surface area contributed by atoms with Gasteiger partial charge in [0.1, 0.15) is 5.82 Å². The number of ether oxygens (including phenoxy) is 1. The Labute approximate surface area is 192 Å². The molecule has 0 N–H and O–H groups in total. The molecule has 0 aliphatic carbocycles. The van der Waals surface area contributed by atoms with Gasteiger partial charge in [-0.05, 0) is 81.3 Å². The molecular weight excluding hydrogens is 419 g/mol. The molecule has 3 aromatic rings. The second-order valence-corrected chi connectivity index (χ2v) is 8.08. The molecule has 0 unspecified atom stereocenters. The van der Waals surface area contributed by atoms with Crippen LogP contribution in [-0.4, -0.2) is 23.6 Å². The van der Waals surface area contributed by atoms with Crippen LogP contribution in [0.2, 0.25) is 0 Å². The van der Waals surface area contributed by atoms with Crippen molar-refractivity contribution in [3.8, 4) is 5.69 Å². The topological polar surface area (TPSA) is 51.5 Å². The third kappa shape index (κ3) is 3.78. The molecule has 33 heavy (non-hydrogen) atoms. The standard InChI is InChI=1S/C27H25FN2O3/c1-16-8-6-7-9-24(16)29-17(2)14-20(18(29)3)15-23-25(27(32)33-5)19(4)30(26(23)31)22-12-10-21(28)11-13-22/h6-15H,1-5H3/b23-15-. The van der Waals surface area contributed by atoms with Gasteiger partial charge < -0.3 is 9.30 Å². The van der Waals surface area contributed by atoms with Gasteiger partial charge in [-0.3, -0.25) is 9.69 Å². The summed E-state index contributed by atoms with van der Waals surface area (Å²) in [5.41, 5.74) is 6.34. The Hall–Kier alpha value is -3.93. The number of benzene rings is 2. The van der Waals surface area contributed by atoms with E-state index in [-0.39, 0.29) is 17.1 Å². The van der Waals surface area contributed by atoms with Crippen LogP contribution in [0.1, 0.15) is 29.4 Å². The van der Waals surface area contributed by atoms with Crippen LogP contribution in [-0.2, 0) is 14.3 Å². The molecular formula is C27H25FN2O3. The zero-order chi connectivity index (χ0) is 23.9. The van der Waals surface area contributed by atoms with E-state index in [1.54, 1.807) is 13.0 Å². The quantitative estimate of drug-likeness (QED) is 0.399. The molecule has 0 spiro atoms. The molecule has 168 valence electrons. The van der Waals surface area contributed by atoms with E-state index in [4.69, 9.17) is 4.74 Å². The average Bonchev–Trinajstić information content (AvgIpc) is 3.20. The van der Waals surface area contributed by atoms with Crippen LogP contribution in [0, 0.1) is 26.6 Å². The maximum atomic E-state index is 13.5. The number of hydrogen-bond acceptors (Lipinski definition) is 3. The van der Waals surface area contributed by atoms with Crippen molar-refractivity contribution in [2.24, 2.45) is 0 Å². The second kappa shape index (κ2) is 8.54. The molecule has 2 heterocycles. The Morgan fingerprint density at radius 2 is 1.67 bits per heavy atom. The molecule has 5 nitrogen and oxygen atoms in total. The molecule has 0 radical (unpaired) electrons. The predicted molar refractivity (Wildman–Crippen MR) is 127 cm³/mol. The fourth-order valence-electron chi connectivity index (χ4n) is 4.36. The number of halogens is 1. The van der Waals surface area contributed by atoms with E-state index in [1.807, 2.05) is 38.1 Å². The number of anilines is 1. The van der Waals surface area contributed by atoms with Crippen LogP contribution in [0.3, 0.4) is 0 Å². The number of rotatable bonds is 4. The summed E-state index contributed by atoms with van der Waals surface area (Å²) < 4.78 is 20.6. The van der Waals surface area contributed by atoms with Gasteiger partial charge in [-0.2, -0.15) is 0 Å². The maximum Gasteiger partial charge on any atom is 0.340 e. The Morgan fingerprint density at radius 1 is 1.00 bits per heavy atom. The number of allylic oxidation sites excluding steroid dienone is 1. The minimum atomic E-state index is -0.593. The summed E-state index contributed by atoms with van der Waals surface area (Å²) in [7, 11) is 1.29. The van der Waals surface area contributed by atoms with Crippen molar-refractivity contribution >= 4 is 23.6 Å². The zero-order valence-corrected chi connectivity index (χ0v) is 19.3. The first kappa shape index (κ1) is 22.3. The summed E-state index contributed by atoms with van der Waals surface area (Å²) in [5.74, 6) is -1.36. The van der Waals surface area contributed by atoms with E-state index in [0.29, 0.717) is 11.4 Å². The molecule has 0 saturated carbocycles. The van der Waals surface area contributed by atoms with Gasteiger partial charge in [0.25, 0.3) is 5.91 Å². The van der Waals surface area contributed by atoms with Gasteiger partial charge in [-0.15, -0.1) is 0 Å². The van der Waals surface area contributed by atoms with Gasteiger partial charge in [0.15, 0.2) is 0 Å². The van der Waals surface area contributed by atoms with E-state index >= 15 is 0 Å². The first-order chi connectivity index (χ1) is 15.7. The molecule has 6 heteroatoms. The lowest BCUT2D eigenvalue weighted by Gasteiger charge is -2.17. The van der Waals surface area contributed by atoms with E-state index in [1.165, 1.54) is 36.3 Å². The molecule has 0 fully saturated rings. The summed E-state index contributed by atoms with van der Waals surface area (Å²) in [4.78, 5) is 27.5. The minimum Gasteiger partial charge on any atom is -0.465 e. The van der Waals surface area contributed by atoms with Crippen LogP contribution >= 0.6 is 0 Å². The van der Waals surface area contributed by atoms with Gasteiger partial charge in [0.05, 0.1) is 18.3 Å². The first-order valence-electron chi connectivity index (χ1n) is 10.6. The molecule has 1 aliphatic heterocycles. The smallest absolute Gasteiger partial charge is 0.340 e. The number of esters is 1. The third-order valence-electron chi connectivity index (χ3n) is 6.00. The molecule has 2 aromatic carbocycles. The summed E-state index contributed by atoms with van der Waals surface area (Å²) in [6.07, 6.45) is 1.73. The Bertz CT molecular complexity index is 1330. The van der Waals surface area contributed by atoms with E-state index in [9.17, 15) is 14.0 Å². The van der Waals surface area contributed by atoms with Gasteiger partial charge in [0.2, 0.25) is 0 Å². The number of carbonyl (C=O) groups is 2. The lowest BCUT2D eigenvalue weighted by molar-refractivity contribution is -0.136. The molecule has 1 amide bonds. The maximum absolute atomic E-state index is 13.5. The predicted octanol–water partition coefficient (Wildman–Crippen LogP) is 5.42. The fraction of sp³-hybridized carbons (Fsp3) is 0.185. The van der Waals surface area contributed by atoms with E-state index in [2.05, 4.69) is 17.6 Å². The van der Waals surface area contributed by atoms with Crippen LogP contribution in [0.25, 0.3) is 11.8 Å². The fourth-order valence-corrected chi connectivity index (χ4v) is 4.36. The van der Waals surface area contributed by atoms with Crippen molar-refractivity contribution in [1.82, 2.24) is 4.57 Å². The van der Waals surface area contributed by atoms with Gasteiger partial charge in [0, 0.05) is 28.5 Å². The Morgan fingerprint density at radius 3 is 2.30 bits per heavy atom. The zero-order valence-electron chi connectivity index (χ0n) is 19.3. The number of methoxy groups -OCH3 is 1. The molecule has 1 aliphatic rings. The minimum absolute atomic E-state index is 0.201. The highest BCUT2D eigenvalue weighted by atomic mass is 19.1. The Balaban J connectivity index is 1.86. The van der Waals surface area contributed by atoms with E-state index in [0.717, 1.165) is 28.2 Å². The monoisotopic (exact) mass is 444 g/mol. The number of carbonyl (C=O) groups excluding carboxylic acids is 2. The number of hydrogen-bond donors (Lipinski definition) is 0. The summed E-state index contributed by atoms with van der Waals surface area (Å²) >= 11 is 0. The van der Waals surface area contributed by atoms with Gasteiger partial charge in [-0.25, -0.2) is 9.18 Å². The molecule has 1 aromatic heterocycles. The normalized spacial score (nSPS) is 15.0. The number of para-hydroxylation sites is 1. The molecule has 4 rings (SSSR count). The second-order valence-electron chi connectivity index (χ2n) is 8.08. The largest absolute Gasteiger partial charge is 0.465 e. The van der Waals surface area contributed by atoms with Crippen molar-refractivity contribution < 1.29 is 18.7 Å². The number of amides is 1. The number of nitrogens with zero attached hydrogens (tertiary/aromatic N) is 2. The molecule has 0 saturated heterocycles. The van der Waals surface area contributed by atoms with Crippen molar-refractivity contribution in [3.63, 3.8) is 0 Å². The van der Waals surface area contributed by atoms with Crippen molar-refractivity contribution in [1.29, 1.82) is 0 Å². The summed E-state index contributed by atoms with van der Waals surface area (Å²) in [5, 5.41) is 0. The molecule has 0 atom stereocenters. The lowest BCUT2D eigenvalue weighted by Crippen LogP contribution is -2.24. The highest BCUT2D eigenvalue weighted by Crippen LogP contribution is 2.36. The van der Waals surface area contributed by atoms with Crippen molar-refractivity contribution in [2.75, 3.05) is 12.0 Å². The number of aromatic nitrogens is 1. The van der Waals surface area contributed by atoms with E-state index < -0.39 is 11.8 Å². The van der Waals surface area contributed by atoms with Crippen molar-refractivity contribution in [2.45, 2.75) is 27.7 Å². The van der Waals surface area contributed by atoms with Gasteiger partial charge in [-0.1, -0.05) is 18.2 Å². The van der Waals surface area contributed by atoms with Crippen molar-refractivity contribution in [3.05, 3.63) is 99.8 Å². The third-order valence-corrected chi connectivity index (χ3v) is 6.00. The van der Waals surface area contributed by atoms with Gasteiger partial charge >= 0.3 is 5.97 Å². The summed E-state index contributed by atoms with van der Waals surface area (Å²) in [6, 6.07) is 15.7. The van der Waals surface area contributed by atoms with Crippen LogP contribution < -0.4 is 4.90 Å². The highest BCUT2D eigenvalue weighted by Gasteiger charge is 2.38. The van der Waals surface area contributed by atoms with Crippen LogP contribution in [0.15, 0.2) is 71.4 Å².